The first-order valence-corrected chi connectivity index (χ1v) is 20.1. The Morgan fingerprint density at radius 3 is 1.44 bits per heavy atom. The zero-order chi connectivity index (χ0) is 39.0. The van der Waals surface area contributed by atoms with Crippen molar-refractivity contribution in [3.05, 3.63) is 205 Å². The fraction of sp³-hybridized carbons (Fsp3) is 0.111. The third-order valence-corrected chi connectivity index (χ3v) is 11.2. The minimum absolute atomic E-state index is 0.789. The van der Waals surface area contributed by atoms with Crippen LogP contribution in [-0.4, -0.2) is 9.13 Å². The lowest BCUT2D eigenvalue weighted by Gasteiger charge is -2.22. The molecule has 7 aromatic carbocycles. The number of rotatable bonds is 9. The molecule has 278 valence electrons. The minimum atomic E-state index is 0.789. The molecule has 57 heavy (non-hydrogen) atoms. The van der Waals surface area contributed by atoms with Crippen LogP contribution in [0, 0.1) is 0 Å². The van der Waals surface area contributed by atoms with E-state index >= 15 is 0 Å². The first kappa shape index (κ1) is 35.8. The van der Waals surface area contributed by atoms with Crippen LogP contribution in [0.4, 0.5) is 0 Å². The molecular weight excluding hydrogens is 693 g/mol. The molecule has 0 amide bonds. The third kappa shape index (κ3) is 6.26. The predicted octanol–water partition coefficient (Wildman–Crippen LogP) is 14.5. The number of fused-ring (bicyclic) bond motifs is 8. The van der Waals surface area contributed by atoms with Gasteiger partial charge in [-0.05, 0) is 144 Å². The Balaban J connectivity index is 0.00000208. The Morgan fingerprint density at radius 1 is 0.456 bits per heavy atom. The fourth-order valence-electron chi connectivity index (χ4n) is 8.64. The van der Waals surface area contributed by atoms with E-state index in [1.165, 1.54) is 82.6 Å². The summed E-state index contributed by atoms with van der Waals surface area (Å²) in [7, 11) is 0. The summed E-state index contributed by atoms with van der Waals surface area (Å²) >= 11 is 0. The standard InChI is InChI=1S/C52H40N2O.C2H6/c1-4-10-34-16-22-48-43(27-34)44-28-35(11-5-2)17-23-49(44)54(48)42-20-26-52-40(32-42)31-39-30-37(19-25-51(39)55-52)38-18-24-50-46(33-38)45-29-36(12-6-3)15-21-47(45)53(50)41-13-8-7-9-14-41;1-2/h4-9,13-30,32-33H,1-3,10-12,31H2;1-2H3. The SMILES string of the molecule is C=CCc1ccc2c(c1)c1cc(CC=C)ccc1n2-c1ccc2c(c1)Cc1cc(-c3ccc4c(c3)c3cc(CC=C)ccc3n4-c3ccccc3)ccc1O2.CC. The normalized spacial score (nSPS) is 11.8. The number of ether oxygens (including phenoxy) is 1. The van der Waals surface area contributed by atoms with Crippen molar-refractivity contribution in [2.24, 2.45) is 0 Å². The lowest BCUT2D eigenvalue weighted by atomic mass is 9.95. The molecule has 10 rings (SSSR count). The van der Waals surface area contributed by atoms with Gasteiger partial charge in [-0.25, -0.2) is 0 Å². The average molecular weight is 739 g/mol. The topological polar surface area (TPSA) is 19.1 Å². The van der Waals surface area contributed by atoms with Crippen molar-refractivity contribution in [1.29, 1.82) is 0 Å². The smallest absolute Gasteiger partial charge is 0.131 e. The van der Waals surface area contributed by atoms with Crippen LogP contribution in [0.15, 0.2) is 177 Å². The van der Waals surface area contributed by atoms with Crippen molar-refractivity contribution < 1.29 is 4.74 Å². The van der Waals surface area contributed by atoms with Crippen molar-refractivity contribution in [2.45, 2.75) is 39.5 Å². The van der Waals surface area contributed by atoms with Crippen LogP contribution < -0.4 is 4.74 Å². The summed E-state index contributed by atoms with van der Waals surface area (Å²) in [6.07, 6.45) is 9.23. The van der Waals surface area contributed by atoms with Crippen LogP contribution in [0.3, 0.4) is 0 Å². The van der Waals surface area contributed by atoms with E-state index in [4.69, 9.17) is 4.74 Å². The largest absolute Gasteiger partial charge is 0.457 e. The molecule has 0 atom stereocenters. The highest BCUT2D eigenvalue weighted by Crippen LogP contribution is 2.42. The molecule has 1 aliphatic heterocycles. The number of para-hydroxylation sites is 1. The molecule has 9 aromatic rings. The van der Waals surface area contributed by atoms with Crippen molar-refractivity contribution >= 4 is 43.6 Å². The number of benzene rings is 7. The molecular formula is C54H46N2O. The lowest BCUT2D eigenvalue weighted by molar-refractivity contribution is 0.460. The highest BCUT2D eigenvalue weighted by molar-refractivity contribution is 6.11. The molecule has 3 nitrogen and oxygen atoms in total. The maximum atomic E-state index is 6.58. The molecule has 1 aliphatic rings. The number of hydrogen-bond acceptors (Lipinski definition) is 1. The highest BCUT2D eigenvalue weighted by atomic mass is 16.5. The maximum absolute atomic E-state index is 6.58. The Hall–Kier alpha value is -6.84. The summed E-state index contributed by atoms with van der Waals surface area (Å²) in [5, 5.41) is 5.00. The summed E-state index contributed by atoms with van der Waals surface area (Å²) < 4.78 is 11.3. The van der Waals surface area contributed by atoms with Crippen LogP contribution in [0.1, 0.15) is 41.7 Å². The monoisotopic (exact) mass is 738 g/mol. The summed E-state index contributed by atoms with van der Waals surface area (Å²) in [4.78, 5) is 0. The first-order chi connectivity index (χ1) is 28.1. The number of nitrogens with zero attached hydrogens (tertiary/aromatic N) is 2. The second-order valence-electron chi connectivity index (χ2n) is 14.7. The van der Waals surface area contributed by atoms with Crippen molar-refractivity contribution in [1.82, 2.24) is 9.13 Å². The van der Waals surface area contributed by atoms with Crippen LogP contribution >= 0.6 is 0 Å². The zero-order valence-corrected chi connectivity index (χ0v) is 32.8. The first-order valence-electron chi connectivity index (χ1n) is 20.1. The highest BCUT2D eigenvalue weighted by Gasteiger charge is 2.21. The van der Waals surface area contributed by atoms with Gasteiger partial charge in [-0.2, -0.15) is 0 Å². The molecule has 2 aromatic heterocycles. The predicted molar refractivity (Wildman–Crippen MR) is 243 cm³/mol. The van der Waals surface area contributed by atoms with E-state index in [1.807, 2.05) is 32.1 Å². The molecule has 0 N–H and O–H groups in total. The van der Waals surface area contributed by atoms with E-state index < -0.39 is 0 Å². The van der Waals surface area contributed by atoms with Crippen molar-refractivity contribution in [2.75, 3.05) is 0 Å². The van der Waals surface area contributed by atoms with Gasteiger partial charge in [-0.15, -0.1) is 19.7 Å². The summed E-state index contributed by atoms with van der Waals surface area (Å²) in [6, 6.07) is 51.2. The quantitative estimate of drug-likeness (QED) is 0.135. The fourth-order valence-corrected chi connectivity index (χ4v) is 8.64. The molecule has 0 saturated heterocycles. The molecule has 3 heteroatoms. The number of aromatic nitrogens is 2. The van der Waals surface area contributed by atoms with Gasteiger partial charge < -0.3 is 13.9 Å². The van der Waals surface area contributed by atoms with Gasteiger partial charge in [0.1, 0.15) is 11.5 Å². The van der Waals surface area contributed by atoms with Crippen LogP contribution in [0.25, 0.3) is 66.1 Å². The van der Waals surface area contributed by atoms with E-state index in [2.05, 4.69) is 168 Å². The van der Waals surface area contributed by atoms with Gasteiger partial charge in [0, 0.05) is 44.9 Å². The second-order valence-corrected chi connectivity index (χ2v) is 14.7. The Kier molecular flexibility index (Phi) is 9.44. The van der Waals surface area contributed by atoms with Gasteiger partial charge in [0.15, 0.2) is 0 Å². The lowest BCUT2D eigenvalue weighted by Crippen LogP contribution is -2.05. The van der Waals surface area contributed by atoms with Gasteiger partial charge >= 0.3 is 0 Å². The molecule has 0 aliphatic carbocycles. The zero-order valence-electron chi connectivity index (χ0n) is 32.8. The maximum Gasteiger partial charge on any atom is 0.131 e. The van der Waals surface area contributed by atoms with E-state index in [9.17, 15) is 0 Å². The molecule has 0 radical (unpaired) electrons. The summed E-state index contributed by atoms with van der Waals surface area (Å²) in [6.45, 7) is 16.0. The second kappa shape index (κ2) is 15.0. The summed E-state index contributed by atoms with van der Waals surface area (Å²) in [5.74, 6) is 1.83. The minimum Gasteiger partial charge on any atom is -0.457 e. The van der Waals surface area contributed by atoms with Gasteiger partial charge in [0.2, 0.25) is 0 Å². The van der Waals surface area contributed by atoms with Crippen molar-refractivity contribution in [3.8, 4) is 34.0 Å². The Labute approximate surface area is 335 Å². The average Bonchev–Trinajstić information content (AvgIpc) is 3.75. The number of hydrogen-bond donors (Lipinski definition) is 0. The van der Waals surface area contributed by atoms with Gasteiger partial charge in [-0.1, -0.05) is 80.6 Å². The molecule has 0 unspecified atom stereocenters. The molecule has 3 heterocycles. The van der Waals surface area contributed by atoms with Gasteiger partial charge in [0.05, 0.1) is 22.1 Å². The summed E-state index contributed by atoms with van der Waals surface area (Å²) in [5.41, 5.74) is 15.6. The Bertz CT molecular complexity index is 2940. The molecule has 0 spiro atoms. The van der Waals surface area contributed by atoms with Crippen LogP contribution in [0.5, 0.6) is 11.5 Å². The van der Waals surface area contributed by atoms with E-state index in [0.717, 1.165) is 48.6 Å². The number of allylic oxidation sites excluding steroid dienone is 3. The van der Waals surface area contributed by atoms with Crippen LogP contribution in [-0.2, 0) is 25.7 Å². The van der Waals surface area contributed by atoms with Gasteiger partial charge in [-0.3, -0.25) is 0 Å². The van der Waals surface area contributed by atoms with Gasteiger partial charge in [0.25, 0.3) is 0 Å². The van der Waals surface area contributed by atoms with Crippen LogP contribution in [0.2, 0.25) is 0 Å². The third-order valence-electron chi connectivity index (χ3n) is 11.2. The van der Waals surface area contributed by atoms with E-state index in [-0.39, 0.29) is 0 Å². The van der Waals surface area contributed by atoms with E-state index in [0.29, 0.717) is 0 Å². The molecule has 0 bridgehead atoms. The molecule has 0 saturated carbocycles. The Morgan fingerprint density at radius 2 is 0.895 bits per heavy atom. The molecule has 0 fully saturated rings. The van der Waals surface area contributed by atoms with E-state index in [1.54, 1.807) is 0 Å². The van der Waals surface area contributed by atoms with Crippen molar-refractivity contribution in [3.63, 3.8) is 0 Å².